The van der Waals surface area contributed by atoms with Gasteiger partial charge in [-0.25, -0.2) is 4.98 Å². The van der Waals surface area contributed by atoms with Gasteiger partial charge in [0.2, 0.25) is 0 Å². The van der Waals surface area contributed by atoms with Gasteiger partial charge < -0.3 is 26.6 Å². The number of nitrogen functional groups attached to an aromatic ring is 1. The van der Waals surface area contributed by atoms with Crippen molar-refractivity contribution in [1.29, 1.82) is 0 Å². The van der Waals surface area contributed by atoms with Crippen LogP contribution in [0.15, 0.2) is 54.7 Å². The molecular weight excluding hydrogens is 428 g/mol. The average Bonchev–Trinajstić information content (AvgIpc) is 2.81. The molecule has 7 heteroatoms. The molecule has 0 aliphatic heterocycles. The number of aliphatic hydroxyl groups is 1. The fourth-order valence-electron chi connectivity index (χ4n) is 3.85. The topological polar surface area (TPSA) is 120 Å². The number of hydrogen-bond acceptors (Lipinski definition) is 6. The molecule has 6 N–H and O–H groups in total. The van der Waals surface area contributed by atoms with Gasteiger partial charge in [-0.3, -0.25) is 4.79 Å². The summed E-state index contributed by atoms with van der Waals surface area (Å²) in [5, 5.41) is 26.5. The maximum absolute atomic E-state index is 12.7. The van der Waals surface area contributed by atoms with Crippen LogP contribution in [0.5, 0.6) is 5.75 Å². The maximum atomic E-state index is 12.7. The number of aromatic nitrogens is 1. The second-order valence-electron chi connectivity index (χ2n) is 8.82. The SMILES string of the molecule is Cc1cc(CCNC(=O)c2cccc(C[C@@H](C)NC[C@@H](O)c3ccc(N)nc3)c2)c(C)cc1O. The predicted molar refractivity (Wildman–Crippen MR) is 135 cm³/mol. The van der Waals surface area contributed by atoms with Crippen molar-refractivity contribution in [3.63, 3.8) is 0 Å². The molecule has 0 saturated heterocycles. The zero-order valence-corrected chi connectivity index (χ0v) is 20.0. The minimum Gasteiger partial charge on any atom is -0.508 e. The standard InChI is InChI=1S/C27H34N4O3/c1-17-12-24(32)18(2)11-21(17)9-10-29-27(34)22-6-4-5-20(14-22)13-19(3)30-16-25(33)23-7-8-26(28)31-15-23/h4-8,11-12,14-15,19,25,30,32-33H,9-10,13,16H2,1-3H3,(H2,28,31)(H,29,34)/t19-,25-/m1/s1. The van der Waals surface area contributed by atoms with Crippen LogP contribution in [-0.4, -0.2) is 40.2 Å². The van der Waals surface area contributed by atoms with E-state index < -0.39 is 6.10 Å². The van der Waals surface area contributed by atoms with Crippen LogP contribution in [0.1, 0.15) is 51.2 Å². The van der Waals surface area contributed by atoms with Crippen molar-refractivity contribution in [2.75, 3.05) is 18.8 Å². The minimum atomic E-state index is -0.673. The molecule has 0 bridgehead atoms. The molecule has 0 saturated carbocycles. The van der Waals surface area contributed by atoms with Gasteiger partial charge in [-0.1, -0.05) is 24.3 Å². The number of hydrogen-bond donors (Lipinski definition) is 5. The number of amides is 1. The van der Waals surface area contributed by atoms with E-state index in [1.165, 1.54) is 0 Å². The summed E-state index contributed by atoms with van der Waals surface area (Å²) in [7, 11) is 0. The number of aromatic hydroxyl groups is 1. The first kappa shape index (κ1) is 25.2. The Kier molecular flexibility index (Phi) is 8.62. The lowest BCUT2D eigenvalue weighted by Crippen LogP contribution is -2.32. The molecule has 1 amide bonds. The van der Waals surface area contributed by atoms with E-state index >= 15 is 0 Å². The van der Waals surface area contributed by atoms with Gasteiger partial charge in [-0.15, -0.1) is 0 Å². The number of benzene rings is 2. The highest BCUT2D eigenvalue weighted by Gasteiger charge is 2.12. The highest BCUT2D eigenvalue weighted by Crippen LogP contribution is 2.21. The third-order valence-electron chi connectivity index (χ3n) is 5.92. The molecule has 0 unspecified atom stereocenters. The number of nitrogens with one attached hydrogen (secondary N) is 2. The molecule has 1 heterocycles. The Hall–Kier alpha value is -3.42. The molecule has 3 rings (SSSR count). The summed E-state index contributed by atoms with van der Waals surface area (Å²) < 4.78 is 0. The van der Waals surface area contributed by atoms with Crippen LogP contribution in [0.3, 0.4) is 0 Å². The maximum Gasteiger partial charge on any atom is 0.251 e. The van der Waals surface area contributed by atoms with Crippen LogP contribution in [0, 0.1) is 13.8 Å². The summed E-state index contributed by atoms with van der Waals surface area (Å²) in [6.45, 7) is 6.78. The number of phenols is 1. The van der Waals surface area contributed by atoms with Gasteiger partial charge in [0, 0.05) is 36.5 Å². The number of carbonyl (C=O) groups excluding carboxylic acids is 1. The van der Waals surface area contributed by atoms with Gasteiger partial charge in [0.1, 0.15) is 11.6 Å². The number of aryl methyl sites for hydroxylation is 2. The van der Waals surface area contributed by atoms with Crippen molar-refractivity contribution < 1.29 is 15.0 Å². The van der Waals surface area contributed by atoms with Crippen LogP contribution >= 0.6 is 0 Å². The quantitative estimate of drug-likeness (QED) is 0.316. The highest BCUT2D eigenvalue weighted by molar-refractivity contribution is 5.94. The lowest BCUT2D eigenvalue weighted by Gasteiger charge is -2.18. The van der Waals surface area contributed by atoms with Crippen LogP contribution < -0.4 is 16.4 Å². The van der Waals surface area contributed by atoms with Crippen LogP contribution in [-0.2, 0) is 12.8 Å². The molecule has 34 heavy (non-hydrogen) atoms. The molecule has 1 aromatic heterocycles. The van der Waals surface area contributed by atoms with Gasteiger partial charge in [0.05, 0.1) is 6.10 Å². The van der Waals surface area contributed by atoms with E-state index in [2.05, 4.69) is 15.6 Å². The van der Waals surface area contributed by atoms with E-state index in [1.807, 2.05) is 51.1 Å². The van der Waals surface area contributed by atoms with E-state index in [9.17, 15) is 15.0 Å². The smallest absolute Gasteiger partial charge is 0.251 e. The zero-order valence-electron chi connectivity index (χ0n) is 20.0. The van der Waals surface area contributed by atoms with Crippen molar-refractivity contribution in [3.8, 4) is 5.75 Å². The summed E-state index contributed by atoms with van der Waals surface area (Å²) in [5.74, 6) is 0.608. The molecule has 0 radical (unpaired) electrons. The molecule has 2 aromatic carbocycles. The van der Waals surface area contributed by atoms with E-state index in [0.717, 1.165) is 28.7 Å². The number of rotatable bonds is 10. The highest BCUT2D eigenvalue weighted by atomic mass is 16.3. The number of aliphatic hydroxyl groups excluding tert-OH is 1. The van der Waals surface area contributed by atoms with Gasteiger partial charge in [-0.2, -0.15) is 0 Å². The van der Waals surface area contributed by atoms with Crippen molar-refractivity contribution in [1.82, 2.24) is 15.6 Å². The first-order valence-corrected chi connectivity index (χ1v) is 11.5. The third kappa shape index (κ3) is 7.04. The zero-order chi connectivity index (χ0) is 24.7. The van der Waals surface area contributed by atoms with E-state index in [-0.39, 0.29) is 11.9 Å². The third-order valence-corrected chi connectivity index (χ3v) is 5.92. The molecule has 7 nitrogen and oxygen atoms in total. The summed E-state index contributed by atoms with van der Waals surface area (Å²) in [4.78, 5) is 16.7. The molecule has 180 valence electrons. The largest absolute Gasteiger partial charge is 0.508 e. The van der Waals surface area contributed by atoms with Gasteiger partial charge in [-0.05, 0) is 80.1 Å². The first-order chi connectivity index (χ1) is 16.2. The second kappa shape index (κ2) is 11.6. The number of nitrogens with two attached hydrogens (primary N) is 1. The lowest BCUT2D eigenvalue weighted by molar-refractivity contribution is 0.0954. The van der Waals surface area contributed by atoms with Crippen molar-refractivity contribution >= 4 is 11.7 Å². The van der Waals surface area contributed by atoms with Gasteiger partial charge >= 0.3 is 0 Å². The van der Waals surface area contributed by atoms with Gasteiger partial charge in [0.25, 0.3) is 5.91 Å². The molecule has 0 fully saturated rings. The minimum absolute atomic E-state index is 0.107. The molecule has 0 aliphatic carbocycles. The number of pyridine rings is 1. The van der Waals surface area contributed by atoms with Crippen molar-refractivity contribution in [2.24, 2.45) is 0 Å². The number of phenolic OH excluding ortho intramolecular Hbond substituents is 1. The Morgan fingerprint density at radius 2 is 1.91 bits per heavy atom. The molecular formula is C27H34N4O3. The normalized spacial score (nSPS) is 12.8. The second-order valence-corrected chi connectivity index (χ2v) is 8.82. The van der Waals surface area contributed by atoms with Crippen LogP contribution in [0.25, 0.3) is 0 Å². The fourth-order valence-corrected chi connectivity index (χ4v) is 3.85. The summed E-state index contributed by atoms with van der Waals surface area (Å²) in [6, 6.07) is 14.9. The van der Waals surface area contributed by atoms with E-state index in [0.29, 0.717) is 42.2 Å². The fraction of sp³-hybridized carbons (Fsp3) is 0.333. The molecule has 0 aliphatic rings. The Labute approximate surface area is 201 Å². The van der Waals surface area contributed by atoms with Crippen molar-refractivity contribution in [3.05, 3.63) is 88.1 Å². The van der Waals surface area contributed by atoms with Crippen LogP contribution in [0.4, 0.5) is 5.82 Å². The van der Waals surface area contributed by atoms with Crippen molar-refractivity contribution in [2.45, 2.75) is 45.8 Å². The molecule has 0 spiro atoms. The summed E-state index contributed by atoms with van der Waals surface area (Å²) in [5.41, 5.74) is 10.9. The number of carbonyl (C=O) groups is 1. The molecule has 3 aromatic rings. The average molecular weight is 463 g/mol. The monoisotopic (exact) mass is 462 g/mol. The number of anilines is 1. The Balaban J connectivity index is 1.49. The lowest BCUT2D eigenvalue weighted by atomic mass is 10.0. The van der Waals surface area contributed by atoms with E-state index in [4.69, 9.17) is 5.73 Å². The summed E-state index contributed by atoms with van der Waals surface area (Å²) in [6.07, 6.45) is 2.33. The van der Waals surface area contributed by atoms with E-state index in [1.54, 1.807) is 24.4 Å². The molecule has 2 atom stereocenters. The Morgan fingerprint density at radius 3 is 2.65 bits per heavy atom. The predicted octanol–water partition coefficient (Wildman–Crippen LogP) is 3.21. The first-order valence-electron chi connectivity index (χ1n) is 11.5. The van der Waals surface area contributed by atoms with Crippen LogP contribution in [0.2, 0.25) is 0 Å². The number of nitrogens with zero attached hydrogens (tertiary/aromatic N) is 1. The van der Waals surface area contributed by atoms with Gasteiger partial charge in [0.15, 0.2) is 0 Å². The summed E-state index contributed by atoms with van der Waals surface area (Å²) >= 11 is 0. The Bertz CT molecular complexity index is 1120. The Morgan fingerprint density at radius 1 is 1.12 bits per heavy atom.